The van der Waals surface area contributed by atoms with Crippen molar-refractivity contribution in [1.29, 1.82) is 0 Å². The van der Waals surface area contributed by atoms with Crippen LogP contribution in [0.4, 0.5) is 10.1 Å². The highest BCUT2D eigenvalue weighted by Crippen LogP contribution is 2.22. The molecule has 0 saturated heterocycles. The molecule has 1 heterocycles. The average Bonchev–Trinajstić information content (AvgIpc) is 2.91. The lowest BCUT2D eigenvalue weighted by molar-refractivity contribution is 0.101. The largest absolute Gasteiger partial charge is 0.322 e. The predicted molar refractivity (Wildman–Crippen MR) is 99.6 cm³/mol. The number of nitrogens with zero attached hydrogens (tertiary/aromatic N) is 1. The highest BCUT2D eigenvalue weighted by molar-refractivity contribution is 6.06. The van der Waals surface area contributed by atoms with Crippen molar-refractivity contribution in [3.05, 3.63) is 82.9 Å². The van der Waals surface area contributed by atoms with Gasteiger partial charge in [0.25, 0.3) is 5.91 Å². The van der Waals surface area contributed by atoms with Crippen LogP contribution < -0.4 is 5.32 Å². The van der Waals surface area contributed by atoms with Crippen LogP contribution in [0.2, 0.25) is 0 Å². The summed E-state index contributed by atoms with van der Waals surface area (Å²) >= 11 is 0. The molecular formula is C21H19FN2O2. The molecule has 0 spiro atoms. The second-order valence-corrected chi connectivity index (χ2v) is 6.19. The number of carbonyl (C=O) groups excluding carboxylic acids is 2. The third-order valence-corrected chi connectivity index (χ3v) is 4.29. The number of rotatable bonds is 4. The van der Waals surface area contributed by atoms with Gasteiger partial charge in [-0.1, -0.05) is 12.1 Å². The SMILES string of the molecule is CC(=O)c1cccc(NC(=O)c2cc(C)n(-c3ccc(F)cc3)c2C)c1. The molecule has 1 amide bonds. The molecule has 0 aliphatic carbocycles. The Bertz CT molecular complexity index is 988. The monoisotopic (exact) mass is 350 g/mol. The molecule has 5 heteroatoms. The van der Waals surface area contributed by atoms with Crippen LogP contribution in [0.25, 0.3) is 5.69 Å². The van der Waals surface area contributed by atoms with Crippen molar-refractivity contribution in [3.8, 4) is 5.69 Å². The van der Waals surface area contributed by atoms with Crippen molar-refractivity contribution < 1.29 is 14.0 Å². The van der Waals surface area contributed by atoms with E-state index in [0.29, 0.717) is 16.8 Å². The number of hydrogen-bond donors (Lipinski definition) is 1. The Hall–Kier alpha value is -3.21. The number of benzene rings is 2. The summed E-state index contributed by atoms with van der Waals surface area (Å²) in [5.74, 6) is -0.623. The minimum Gasteiger partial charge on any atom is -0.322 e. The van der Waals surface area contributed by atoms with Crippen molar-refractivity contribution >= 4 is 17.4 Å². The molecule has 26 heavy (non-hydrogen) atoms. The lowest BCUT2D eigenvalue weighted by atomic mass is 10.1. The van der Waals surface area contributed by atoms with E-state index in [9.17, 15) is 14.0 Å². The Morgan fingerprint density at radius 3 is 2.35 bits per heavy atom. The van der Waals surface area contributed by atoms with Gasteiger partial charge in [0.15, 0.2) is 5.78 Å². The van der Waals surface area contributed by atoms with E-state index in [1.54, 1.807) is 42.5 Å². The predicted octanol–water partition coefficient (Wildman–Crippen LogP) is 4.69. The zero-order valence-electron chi connectivity index (χ0n) is 14.8. The summed E-state index contributed by atoms with van der Waals surface area (Å²) < 4.78 is 15.1. The van der Waals surface area contributed by atoms with Crippen LogP contribution in [0.5, 0.6) is 0 Å². The van der Waals surface area contributed by atoms with Crippen molar-refractivity contribution in [3.63, 3.8) is 0 Å². The fourth-order valence-corrected chi connectivity index (χ4v) is 2.99. The maximum atomic E-state index is 13.2. The van der Waals surface area contributed by atoms with Gasteiger partial charge in [-0.25, -0.2) is 4.39 Å². The van der Waals surface area contributed by atoms with Gasteiger partial charge < -0.3 is 9.88 Å². The van der Waals surface area contributed by atoms with Gasteiger partial charge in [-0.3, -0.25) is 9.59 Å². The highest BCUT2D eigenvalue weighted by Gasteiger charge is 2.17. The number of aromatic nitrogens is 1. The number of ketones is 1. The number of carbonyl (C=O) groups is 2. The van der Waals surface area contributed by atoms with E-state index in [2.05, 4.69) is 5.32 Å². The molecule has 1 aromatic heterocycles. The van der Waals surface area contributed by atoms with Crippen LogP contribution in [0.3, 0.4) is 0 Å². The van der Waals surface area contributed by atoms with Crippen molar-refractivity contribution in [2.24, 2.45) is 0 Å². The van der Waals surface area contributed by atoms with E-state index in [1.807, 2.05) is 18.4 Å². The summed E-state index contributed by atoms with van der Waals surface area (Å²) in [6.45, 7) is 5.22. The summed E-state index contributed by atoms with van der Waals surface area (Å²) in [4.78, 5) is 24.2. The van der Waals surface area contributed by atoms with E-state index in [-0.39, 0.29) is 17.5 Å². The van der Waals surface area contributed by atoms with Crippen LogP contribution in [0.15, 0.2) is 54.6 Å². The van der Waals surface area contributed by atoms with Crippen LogP contribution in [0.1, 0.15) is 39.0 Å². The number of hydrogen-bond acceptors (Lipinski definition) is 2. The standard InChI is InChI=1S/C21H19FN2O2/c1-13-11-20(14(2)24(13)19-9-7-17(22)8-10-19)21(26)23-18-6-4-5-16(12-18)15(3)25/h4-12H,1-3H3,(H,23,26). The van der Waals surface area contributed by atoms with Crippen molar-refractivity contribution in [1.82, 2.24) is 4.57 Å². The molecule has 3 rings (SSSR count). The molecule has 0 atom stereocenters. The van der Waals surface area contributed by atoms with E-state index in [4.69, 9.17) is 0 Å². The number of aryl methyl sites for hydroxylation is 1. The fraction of sp³-hybridized carbons (Fsp3) is 0.143. The molecule has 0 aliphatic heterocycles. The number of amides is 1. The molecular weight excluding hydrogens is 331 g/mol. The molecule has 1 N–H and O–H groups in total. The maximum absolute atomic E-state index is 13.2. The minimum absolute atomic E-state index is 0.0596. The molecule has 0 aliphatic rings. The Balaban J connectivity index is 1.91. The lowest BCUT2D eigenvalue weighted by Crippen LogP contribution is -2.13. The van der Waals surface area contributed by atoms with Crippen LogP contribution in [0, 0.1) is 19.7 Å². The molecule has 0 fully saturated rings. The third kappa shape index (κ3) is 3.42. The van der Waals surface area contributed by atoms with Crippen LogP contribution >= 0.6 is 0 Å². The quantitative estimate of drug-likeness (QED) is 0.694. The zero-order chi connectivity index (χ0) is 18.8. The van der Waals surface area contributed by atoms with Gasteiger partial charge in [0.05, 0.1) is 5.56 Å². The summed E-state index contributed by atoms with van der Waals surface area (Å²) in [5.41, 5.74) is 4.05. The lowest BCUT2D eigenvalue weighted by Gasteiger charge is -2.10. The molecule has 3 aromatic rings. The summed E-state index contributed by atoms with van der Waals surface area (Å²) in [6.07, 6.45) is 0. The van der Waals surface area contributed by atoms with E-state index in [1.165, 1.54) is 19.1 Å². The molecule has 4 nitrogen and oxygen atoms in total. The summed E-state index contributed by atoms with van der Waals surface area (Å²) in [5, 5.41) is 2.83. The highest BCUT2D eigenvalue weighted by atomic mass is 19.1. The van der Waals surface area contributed by atoms with Gasteiger partial charge in [-0.05, 0) is 63.2 Å². The first kappa shape index (κ1) is 17.6. The molecule has 0 unspecified atom stereocenters. The van der Waals surface area contributed by atoms with Crippen LogP contribution in [-0.4, -0.2) is 16.3 Å². The minimum atomic E-state index is -0.306. The number of Topliss-reactive ketones (excluding diaryl/α,β-unsaturated/α-hetero) is 1. The Morgan fingerprint density at radius 2 is 1.69 bits per heavy atom. The zero-order valence-corrected chi connectivity index (χ0v) is 14.8. The Labute approximate surface area is 151 Å². The van der Waals surface area contributed by atoms with Crippen LogP contribution in [-0.2, 0) is 0 Å². The molecule has 0 saturated carbocycles. The number of nitrogens with one attached hydrogen (secondary N) is 1. The normalized spacial score (nSPS) is 10.6. The van der Waals surface area contributed by atoms with E-state index < -0.39 is 0 Å². The van der Waals surface area contributed by atoms with E-state index >= 15 is 0 Å². The molecule has 132 valence electrons. The van der Waals surface area contributed by atoms with Gasteiger partial charge in [0, 0.05) is 28.3 Å². The second kappa shape index (κ2) is 6.96. The van der Waals surface area contributed by atoms with Crippen molar-refractivity contribution in [2.45, 2.75) is 20.8 Å². The summed E-state index contributed by atoms with van der Waals surface area (Å²) in [7, 11) is 0. The summed E-state index contributed by atoms with van der Waals surface area (Å²) in [6, 6.07) is 14.8. The topological polar surface area (TPSA) is 51.1 Å². The smallest absolute Gasteiger partial charge is 0.257 e. The first-order valence-corrected chi connectivity index (χ1v) is 8.24. The van der Waals surface area contributed by atoms with E-state index in [0.717, 1.165) is 17.1 Å². The molecule has 2 aromatic carbocycles. The van der Waals surface area contributed by atoms with Gasteiger partial charge in [-0.15, -0.1) is 0 Å². The first-order valence-electron chi connectivity index (χ1n) is 8.24. The Morgan fingerprint density at radius 1 is 1.00 bits per heavy atom. The van der Waals surface area contributed by atoms with Gasteiger partial charge in [-0.2, -0.15) is 0 Å². The fourth-order valence-electron chi connectivity index (χ4n) is 2.99. The Kier molecular flexibility index (Phi) is 4.71. The van der Waals surface area contributed by atoms with Gasteiger partial charge in [0.1, 0.15) is 5.82 Å². The number of anilines is 1. The van der Waals surface area contributed by atoms with Crippen molar-refractivity contribution in [2.75, 3.05) is 5.32 Å². The molecule has 0 radical (unpaired) electrons. The van der Waals surface area contributed by atoms with Gasteiger partial charge in [0.2, 0.25) is 0 Å². The number of halogens is 1. The average molecular weight is 350 g/mol. The maximum Gasteiger partial charge on any atom is 0.257 e. The molecule has 0 bridgehead atoms. The second-order valence-electron chi connectivity index (χ2n) is 6.19. The van der Waals surface area contributed by atoms with Gasteiger partial charge >= 0.3 is 0 Å². The third-order valence-electron chi connectivity index (χ3n) is 4.29. The first-order chi connectivity index (χ1) is 12.4.